The molecule has 18 heavy (non-hydrogen) atoms. The summed E-state index contributed by atoms with van der Waals surface area (Å²) in [5, 5.41) is 6.44. The molecule has 1 aliphatic rings. The van der Waals surface area contributed by atoms with E-state index in [0.717, 1.165) is 43.6 Å². The third kappa shape index (κ3) is 7.98. The molecule has 0 aliphatic carbocycles. The standard InChI is InChI=1S/C14H28N2OS/c1-12(2)6-9-18-11-14(17)16-8-5-13-4-3-7-15-10-13/h12-13,15H,3-11H2,1-2H3,(H,16,17). The Labute approximate surface area is 116 Å². The lowest BCUT2D eigenvalue weighted by Crippen LogP contribution is -2.33. The second-order valence-electron chi connectivity index (χ2n) is 5.59. The molecule has 0 aromatic heterocycles. The van der Waals surface area contributed by atoms with E-state index in [4.69, 9.17) is 0 Å². The average molecular weight is 272 g/mol. The van der Waals surface area contributed by atoms with Crippen molar-refractivity contribution in [2.45, 2.75) is 39.5 Å². The summed E-state index contributed by atoms with van der Waals surface area (Å²) in [6.07, 6.45) is 4.91. The number of thioether (sulfide) groups is 1. The lowest BCUT2D eigenvalue weighted by molar-refractivity contribution is -0.118. The number of hydrogen-bond donors (Lipinski definition) is 2. The highest BCUT2D eigenvalue weighted by atomic mass is 32.2. The highest BCUT2D eigenvalue weighted by molar-refractivity contribution is 7.99. The van der Waals surface area contributed by atoms with Crippen LogP contribution in [0.3, 0.4) is 0 Å². The zero-order valence-corrected chi connectivity index (χ0v) is 12.7. The maximum Gasteiger partial charge on any atom is 0.229 e. The molecule has 0 aromatic rings. The molecule has 0 aromatic carbocycles. The molecular weight excluding hydrogens is 244 g/mol. The molecule has 2 N–H and O–H groups in total. The Morgan fingerprint density at radius 3 is 3.00 bits per heavy atom. The number of carbonyl (C=O) groups is 1. The van der Waals surface area contributed by atoms with Crippen LogP contribution in [0.15, 0.2) is 0 Å². The monoisotopic (exact) mass is 272 g/mol. The van der Waals surface area contributed by atoms with Crippen LogP contribution in [0.5, 0.6) is 0 Å². The van der Waals surface area contributed by atoms with E-state index in [1.54, 1.807) is 11.8 Å². The molecule has 0 radical (unpaired) electrons. The van der Waals surface area contributed by atoms with Crippen molar-refractivity contribution in [1.82, 2.24) is 10.6 Å². The van der Waals surface area contributed by atoms with E-state index < -0.39 is 0 Å². The molecule has 0 bridgehead atoms. The van der Waals surface area contributed by atoms with E-state index in [1.807, 2.05) is 0 Å². The summed E-state index contributed by atoms with van der Waals surface area (Å²) in [7, 11) is 0. The lowest BCUT2D eigenvalue weighted by atomic mass is 9.96. The first-order chi connectivity index (χ1) is 8.68. The van der Waals surface area contributed by atoms with Crippen LogP contribution in [0, 0.1) is 11.8 Å². The maximum atomic E-state index is 11.6. The highest BCUT2D eigenvalue weighted by Gasteiger charge is 2.12. The van der Waals surface area contributed by atoms with Gasteiger partial charge in [-0.25, -0.2) is 0 Å². The quantitative estimate of drug-likeness (QED) is 0.666. The molecule has 1 fully saturated rings. The number of carbonyl (C=O) groups excluding carboxylic acids is 1. The third-order valence-corrected chi connectivity index (χ3v) is 4.34. The normalized spacial score (nSPS) is 20.1. The summed E-state index contributed by atoms with van der Waals surface area (Å²) in [5.41, 5.74) is 0. The van der Waals surface area contributed by atoms with Gasteiger partial charge in [-0.05, 0) is 56.4 Å². The van der Waals surface area contributed by atoms with Crippen molar-refractivity contribution in [3.05, 3.63) is 0 Å². The van der Waals surface area contributed by atoms with E-state index in [1.165, 1.54) is 19.3 Å². The minimum atomic E-state index is 0.201. The topological polar surface area (TPSA) is 41.1 Å². The molecule has 1 saturated heterocycles. The van der Waals surface area contributed by atoms with E-state index >= 15 is 0 Å². The lowest BCUT2D eigenvalue weighted by Gasteiger charge is -2.22. The summed E-state index contributed by atoms with van der Waals surface area (Å²) in [4.78, 5) is 11.6. The van der Waals surface area contributed by atoms with Crippen LogP contribution in [0.2, 0.25) is 0 Å². The zero-order valence-electron chi connectivity index (χ0n) is 11.8. The Morgan fingerprint density at radius 1 is 1.50 bits per heavy atom. The molecule has 1 unspecified atom stereocenters. The van der Waals surface area contributed by atoms with Gasteiger partial charge in [-0.3, -0.25) is 4.79 Å². The van der Waals surface area contributed by atoms with E-state index in [9.17, 15) is 4.79 Å². The van der Waals surface area contributed by atoms with Gasteiger partial charge in [-0.2, -0.15) is 11.8 Å². The first kappa shape index (κ1) is 15.8. The van der Waals surface area contributed by atoms with Gasteiger partial charge in [-0.15, -0.1) is 0 Å². The van der Waals surface area contributed by atoms with E-state index in [-0.39, 0.29) is 5.91 Å². The van der Waals surface area contributed by atoms with Crippen molar-refractivity contribution in [2.75, 3.05) is 31.1 Å². The largest absolute Gasteiger partial charge is 0.355 e. The van der Waals surface area contributed by atoms with Crippen LogP contribution < -0.4 is 10.6 Å². The zero-order chi connectivity index (χ0) is 13.2. The molecule has 1 amide bonds. The van der Waals surface area contributed by atoms with Crippen LogP contribution in [0.4, 0.5) is 0 Å². The van der Waals surface area contributed by atoms with Gasteiger partial charge in [0.05, 0.1) is 5.75 Å². The van der Waals surface area contributed by atoms with Gasteiger partial charge in [0.2, 0.25) is 5.91 Å². The van der Waals surface area contributed by atoms with Gasteiger partial charge >= 0.3 is 0 Å². The van der Waals surface area contributed by atoms with Crippen LogP contribution in [0.1, 0.15) is 39.5 Å². The second-order valence-corrected chi connectivity index (χ2v) is 6.69. The fraction of sp³-hybridized carbons (Fsp3) is 0.929. The van der Waals surface area contributed by atoms with Gasteiger partial charge in [0.1, 0.15) is 0 Å². The van der Waals surface area contributed by atoms with Gasteiger partial charge in [0.25, 0.3) is 0 Å². The number of hydrogen-bond acceptors (Lipinski definition) is 3. The molecule has 0 saturated carbocycles. The SMILES string of the molecule is CC(C)CCSCC(=O)NCCC1CCCNC1. The predicted octanol–water partition coefficient (Wildman–Crippen LogP) is 2.27. The minimum absolute atomic E-state index is 0.201. The molecule has 1 aliphatic heterocycles. The van der Waals surface area contributed by atoms with Crippen molar-refractivity contribution >= 4 is 17.7 Å². The fourth-order valence-corrected chi connectivity index (χ4v) is 3.19. The van der Waals surface area contributed by atoms with Gasteiger partial charge in [-0.1, -0.05) is 13.8 Å². The summed E-state index contributed by atoms with van der Waals surface area (Å²) in [6, 6.07) is 0. The Morgan fingerprint density at radius 2 is 2.33 bits per heavy atom. The first-order valence-electron chi connectivity index (χ1n) is 7.23. The molecule has 1 heterocycles. The van der Waals surface area contributed by atoms with E-state index in [2.05, 4.69) is 24.5 Å². The summed E-state index contributed by atoms with van der Waals surface area (Å²) in [5.74, 6) is 3.41. The molecule has 106 valence electrons. The van der Waals surface area contributed by atoms with Gasteiger partial charge in [0.15, 0.2) is 0 Å². The first-order valence-corrected chi connectivity index (χ1v) is 8.39. The smallest absolute Gasteiger partial charge is 0.229 e. The molecule has 1 rings (SSSR count). The van der Waals surface area contributed by atoms with Crippen LogP contribution in [-0.2, 0) is 4.79 Å². The van der Waals surface area contributed by atoms with Crippen molar-refractivity contribution in [3.63, 3.8) is 0 Å². The highest BCUT2D eigenvalue weighted by Crippen LogP contribution is 2.13. The van der Waals surface area contributed by atoms with Gasteiger partial charge < -0.3 is 10.6 Å². The minimum Gasteiger partial charge on any atom is -0.355 e. The molecule has 0 spiro atoms. The van der Waals surface area contributed by atoms with Gasteiger partial charge in [0, 0.05) is 6.54 Å². The fourth-order valence-electron chi connectivity index (χ4n) is 2.12. The second kappa shape index (κ2) is 9.68. The van der Waals surface area contributed by atoms with Crippen molar-refractivity contribution in [1.29, 1.82) is 0 Å². The molecular formula is C14H28N2OS. The number of rotatable bonds is 8. The van der Waals surface area contributed by atoms with Crippen molar-refractivity contribution in [2.24, 2.45) is 11.8 Å². The van der Waals surface area contributed by atoms with E-state index in [0.29, 0.717) is 5.75 Å². The molecule has 4 heteroatoms. The molecule has 1 atom stereocenters. The Bertz CT molecular complexity index is 228. The molecule has 3 nitrogen and oxygen atoms in total. The summed E-state index contributed by atoms with van der Waals surface area (Å²) < 4.78 is 0. The summed E-state index contributed by atoms with van der Waals surface area (Å²) >= 11 is 1.75. The maximum absolute atomic E-state index is 11.6. The number of amides is 1. The summed E-state index contributed by atoms with van der Waals surface area (Å²) in [6.45, 7) is 7.57. The predicted molar refractivity (Wildman–Crippen MR) is 80.0 cm³/mol. The Kier molecular flexibility index (Phi) is 8.51. The van der Waals surface area contributed by atoms with Crippen LogP contribution >= 0.6 is 11.8 Å². The number of nitrogens with one attached hydrogen (secondary N) is 2. The van der Waals surface area contributed by atoms with Crippen molar-refractivity contribution < 1.29 is 4.79 Å². The average Bonchev–Trinajstić information content (AvgIpc) is 2.36. The van der Waals surface area contributed by atoms with Crippen LogP contribution in [0.25, 0.3) is 0 Å². The Balaban J connectivity index is 1.92. The van der Waals surface area contributed by atoms with Crippen LogP contribution in [-0.4, -0.2) is 37.0 Å². The van der Waals surface area contributed by atoms with Crippen molar-refractivity contribution in [3.8, 4) is 0 Å². The third-order valence-electron chi connectivity index (χ3n) is 3.35. The number of piperidine rings is 1. The Hall–Kier alpha value is -0.220.